The zero-order chi connectivity index (χ0) is 21.2. The van der Waals surface area contributed by atoms with Crippen LogP contribution in [0.15, 0.2) is 71.9 Å². The van der Waals surface area contributed by atoms with E-state index in [1.807, 2.05) is 60.7 Å². The van der Waals surface area contributed by atoms with E-state index in [4.69, 9.17) is 19.9 Å². The van der Waals surface area contributed by atoms with Crippen LogP contribution in [0.4, 0.5) is 5.69 Å². The second kappa shape index (κ2) is 10.7. The number of benzene rings is 2. The number of nitrogens with two attached hydrogens (primary N) is 1. The van der Waals surface area contributed by atoms with Crippen LogP contribution in [0.25, 0.3) is 0 Å². The van der Waals surface area contributed by atoms with E-state index in [1.165, 1.54) is 0 Å². The Bertz CT molecular complexity index is 991. The molecule has 3 aromatic rings. The van der Waals surface area contributed by atoms with E-state index in [1.54, 1.807) is 13.3 Å². The zero-order valence-corrected chi connectivity index (χ0v) is 17.2. The van der Waals surface area contributed by atoms with Gasteiger partial charge in [0.05, 0.1) is 20.3 Å². The quantitative estimate of drug-likeness (QED) is 0.399. The summed E-state index contributed by atoms with van der Waals surface area (Å²) in [5, 5.41) is 3.05. The Kier molecular flexibility index (Phi) is 7.49. The van der Waals surface area contributed by atoms with Crippen LogP contribution in [0.3, 0.4) is 0 Å². The summed E-state index contributed by atoms with van der Waals surface area (Å²) >= 11 is 0. The molecule has 0 amide bonds. The molecule has 0 unspecified atom stereocenters. The standard InChI is InChI=1S/C23H26N4O3/c1-3-14-29-20-11-4-5-12-21(20)30-22-17(8-7-13-25-22)16-26-23(24)27-18-9-6-10-19(15-18)28-2/h4-13,15H,3,14,16H2,1-2H3,(H3,24,26,27). The number of ether oxygens (including phenoxy) is 3. The molecule has 0 aliphatic rings. The monoisotopic (exact) mass is 406 g/mol. The summed E-state index contributed by atoms with van der Waals surface area (Å²) in [6.45, 7) is 2.98. The maximum absolute atomic E-state index is 6.04. The van der Waals surface area contributed by atoms with Gasteiger partial charge in [0, 0.05) is 23.5 Å². The second-order valence-corrected chi connectivity index (χ2v) is 6.42. The lowest BCUT2D eigenvalue weighted by molar-refractivity contribution is 0.300. The van der Waals surface area contributed by atoms with Gasteiger partial charge >= 0.3 is 0 Å². The molecule has 0 saturated heterocycles. The number of nitrogens with zero attached hydrogens (tertiary/aromatic N) is 2. The average molecular weight is 406 g/mol. The van der Waals surface area contributed by atoms with Crippen LogP contribution in [0.5, 0.6) is 23.1 Å². The van der Waals surface area contributed by atoms with Gasteiger partial charge in [-0.05, 0) is 36.8 Å². The fourth-order valence-electron chi connectivity index (χ4n) is 2.66. The van der Waals surface area contributed by atoms with Crippen molar-refractivity contribution in [3.8, 4) is 23.1 Å². The third-order valence-electron chi connectivity index (χ3n) is 4.13. The van der Waals surface area contributed by atoms with Crippen LogP contribution in [-0.2, 0) is 6.54 Å². The number of hydrogen-bond donors (Lipinski definition) is 2. The van der Waals surface area contributed by atoms with Gasteiger partial charge in [0.1, 0.15) is 5.75 Å². The molecular formula is C23H26N4O3. The van der Waals surface area contributed by atoms with E-state index in [0.717, 1.165) is 23.4 Å². The van der Waals surface area contributed by atoms with Crippen LogP contribution < -0.4 is 25.3 Å². The molecule has 0 aliphatic carbocycles. The number of aliphatic imine (C=N–C) groups is 1. The molecule has 7 nitrogen and oxygen atoms in total. The predicted octanol–water partition coefficient (Wildman–Crippen LogP) is 4.60. The van der Waals surface area contributed by atoms with Crippen LogP contribution >= 0.6 is 0 Å². The van der Waals surface area contributed by atoms with Crippen molar-refractivity contribution in [3.63, 3.8) is 0 Å². The maximum Gasteiger partial charge on any atom is 0.224 e. The molecule has 2 aromatic carbocycles. The highest BCUT2D eigenvalue weighted by Crippen LogP contribution is 2.32. The third-order valence-corrected chi connectivity index (χ3v) is 4.13. The fourth-order valence-corrected chi connectivity index (χ4v) is 2.66. The fraction of sp³-hybridized carbons (Fsp3) is 0.217. The summed E-state index contributed by atoms with van der Waals surface area (Å²) in [4.78, 5) is 8.77. The summed E-state index contributed by atoms with van der Waals surface area (Å²) in [7, 11) is 1.62. The molecule has 30 heavy (non-hydrogen) atoms. The lowest BCUT2D eigenvalue weighted by Crippen LogP contribution is -2.22. The summed E-state index contributed by atoms with van der Waals surface area (Å²) in [5.41, 5.74) is 7.64. The minimum absolute atomic E-state index is 0.282. The van der Waals surface area contributed by atoms with Gasteiger partial charge in [-0.2, -0.15) is 0 Å². The van der Waals surface area contributed by atoms with Gasteiger partial charge in [-0.1, -0.05) is 31.2 Å². The topological polar surface area (TPSA) is 91.0 Å². The normalized spacial score (nSPS) is 11.1. The molecule has 0 atom stereocenters. The number of hydrogen-bond acceptors (Lipinski definition) is 5. The molecule has 0 spiro atoms. The number of guanidine groups is 1. The van der Waals surface area contributed by atoms with E-state index in [9.17, 15) is 0 Å². The number of nitrogens with one attached hydrogen (secondary N) is 1. The van der Waals surface area contributed by atoms with Gasteiger partial charge in [-0.25, -0.2) is 9.98 Å². The third kappa shape index (κ3) is 5.88. The van der Waals surface area contributed by atoms with Gasteiger partial charge in [0.25, 0.3) is 0 Å². The first-order valence-corrected chi connectivity index (χ1v) is 9.74. The Morgan fingerprint density at radius 1 is 1.07 bits per heavy atom. The zero-order valence-electron chi connectivity index (χ0n) is 17.2. The highest BCUT2D eigenvalue weighted by atomic mass is 16.5. The smallest absolute Gasteiger partial charge is 0.224 e. The highest BCUT2D eigenvalue weighted by molar-refractivity contribution is 5.92. The number of rotatable bonds is 9. The van der Waals surface area contributed by atoms with Crippen molar-refractivity contribution in [2.75, 3.05) is 19.0 Å². The second-order valence-electron chi connectivity index (χ2n) is 6.42. The first-order chi connectivity index (χ1) is 14.7. The molecule has 1 aromatic heterocycles. The maximum atomic E-state index is 6.04. The molecule has 1 heterocycles. The molecule has 156 valence electrons. The van der Waals surface area contributed by atoms with Crippen molar-refractivity contribution in [3.05, 3.63) is 72.4 Å². The molecular weight excluding hydrogens is 380 g/mol. The van der Waals surface area contributed by atoms with Crippen LogP contribution in [0, 0.1) is 0 Å². The Morgan fingerprint density at radius 2 is 1.90 bits per heavy atom. The molecule has 3 N–H and O–H groups in total. The van der Waals surface area contributed by atoms with Crippen molar-refractivity contribution in [2.24, 2.45) is 10.7 Å². The SMILES string of the molecule is CCCOc1ccccc1Oc1ncccc1CN=C(N)Nc1cccc(OC)c1. The van der Waals surface area contributed by atoms with Crippen LogP contribution in [0.1, 0.15) is 18.9 Å². The van der Waals surface area contributed by atoms with Gasteiger partial charge in [0.15, 0.2) is 17.5 Å². The number of para-hydroxylation sites is 2. The number of aromatic nitrogens is 1. The molecule has 0 bridgehead atoms. The van der Waals surface area contributed by atoms with E-state index in [2.05, 4.69) is 22.2 Å². The summed E-state index contributed by atoms with van der Waals surface area (Å²) in [5.74, 6) is 2.77. The van der Waals surface area contributed by atoms with Crippen molar-refractivity contribution >= 4 is 11.6 Å². The van der Waals surface area contributed by atoms with Crippen LogP contribution in [-0.4, -0.2) is 24.7 Å². The van der Waals surface area contributed by atoms with E-state index < -0.39 is 0 Å². The van der Waals surface area contributed by atoms with Crippen molar-refractivity contribution < 1.29 is 14.2 Å². The minimum Gasteiger partial charge on any atom is -0.497 e. The minimum atomic E-state index is 0.282. The van der Waals surface area contributed by atoms with Gasteiger partial charge in [-0.15, -0.1) is 0 Å². The first kappa shape index (κ1) is 21.0. The number of pyridine rings is 1. The summed E-state index contributed by atoms with van der Waals surface area (Å²) in [6.07, 6.45) is 2.59. The van der Waals surface area contributed by atoms with E-state index in [-0.39, 0.29) is 5.96 Å². The predicted molar refractivity (Wildman–Crippen MR) is 118 cm³/mol. The van der Waals surface area contributed by atoms with Crippen molar-refractivity contribution in [2.45, 2.75) is 19.9 Å². The molecule has 7 heteroatoms. The number of methoxy groups -OCH3 is 1. The van der Waals surface area contributed by atoms with Gasteiger partial charge in [-0.3, -0.25) is 0 Å². The number of anilines is 1. The molecule has 3 rings (SSSR count). The average Bonchev–Trinajstić information content (AvgIpc) is 2.78. The van der Waals surface area contributed by atoms with E-state index in [0.29, 0.717) is 30.5 Å². The summed E-state index contributed by atoms with van der Waals surface area (Å²) in [6, 6.07) is 18.7. The lowest BCUT2D eigenvalue weighted by Gasteiger charge is -2.13. The van der Waals surface area contributed by atoms with Gasteiger partial charge < -0.3 is 25.3 Å². The van der Waals surface area contributed by atoms with Gasteiger partial charge in [0.2, 0.25) is 5.88 Å². The largest absolute Gasteiger partial charge is 0.497 e. The highest BCUT2D eigenvalue weighted by Gasteiger charge is 2.10. The molecule has 0 fully saturated rings. The van der Waals surface area contributed by atoms with Crippen LogP contribution in [0.2, 0.25) is 0 Å². The molecule has 0 saturated carbocycles. The molecule has 0 aliphatic heterocycles. The molecule has 0 radical (unpaired) electrons. The Hall–Kier alpha value is -3.74. The Labute approximate surface area is 176 Å². The summed E-state index contributed by atoms with van der Waals surface area (Å²) < 4.78 is 17.0. The van der Waals surface area contributed by atoms with Crippen molar-refractivity contribution in [1.29, 1.82) is 0 Å². The Morgan fingerprint density at radius 3 is 2.70 bits per heavy atom. The van der Waals surface area contributed by atoms with Crippen molar-refractivity contribution in [1.82, 2.24) is 4.98 Å². The Balaban J connectivity index is 1.72. The first-order valence-electron chi connectivity index (χ1n) is 9.74. The lowest BCUT2D eigenvalue weighted by atomic mass is 10.2. The van der Waals surface area contributed by atoms with E-state index >= 15 is 0 Å².